The predicted molar refractivity (Wildman–Crippen MR) is 84.7 cm³/mol. The van der Waals surface area contributed by atoms with Crippen LogP contribution in [0.15, 0.2) is 0 Å². The average molecular weight is 322 g/mol. The summed E-state index contributed by atoms with van der Waals surface area (Å²) in [6.45, 7) is 7.68. The number of carbonyl (C=O) groups excluding carboxylic acids is 1. The molecule has 6 nitrogen and oxygen atoms in total. The van der Waals surface area contributed by atoms with Crippen LogP contribution < -0.4 is 10.0 Å². The molecule has 1 amide bonds. The van der Waals surface area contributed by atoms with Gasteiger partial charge in [-0.2, -0.15) is 0 Å². The molecule has 0 atom stereocenters. The van der Waals surface area contributed by atoms with Crippen molar-refractivity contribution in [1.29, 1.82) is 0 Å². The summed E-state index contributed by atoms with van der Waals surface area (Å²) in [5, 5.41) is 2.36. The SMILES string of the molecule is CC1CCC(NS(C)(=O)=O)CC1.CNC(=O)OC(C)(C)C. The lowest BCUT2D eigenvalue weighted by molar-refractivity contribution is 0.0541. The van der Waals surface area contributed by atoms with Crippen LogP contribution in [0.3, 0.4) is 0 Å². The second kappa shape index (κ2) is 8.58. The van der Waals surface area contributed by atoms with Crippen LogP contribution in [-0.4, -0.2) is 39.5 Å². The van der Waals surface area contributed by atoms with E-state index in [9.17, 15) is 13.2 Å². The summed E-state index contributed by atoms with van der Waals surface area (Å²) in [5.41, 5.74) is -0.389. The Kier molecular flexibility index (Phi) is 8.25. The lowest BCUT2D eigenvalue weighted by atomic mass is 9.88. The van der Waals surface area contributed by atoms with Crippen LogP contribution in [0.5, 0.6) is 0 Å². The second-order valence-corrected chi connectivity index (χ2v) is 8.38. The van der Waals surface area contributed by atoms with Gasteiger partial charge < -0.3 is 10.1 Å². The summed E-state index contributed by atoms with van der Waals surface area (Å²) in [6, 6.07) is 0.191. The number of ether oxygens (including phenoxy) is 1. The molecule has 0 aromatic heterocycles. The summed E-state index contributed by atoms with van der Waals surface area (Å²) >= 11 is 0. The first-order chi connectivity index (χ1) is 9.43. The van der Waals surface area contributed by atoms with Gasteiger partial charge in [-0.1, -0.05) is 6.92 Å². The van der Waals surface area contributed by atoms with Crippen molar-refractivity contribution in [2.24, 2.45) is 5.92 Å². The standard InChI is InChI=1S/C8H17NO2S.C6H13NO2/c1-7-3-5-8(6-4-7)9-12(2,10)11;1-6(2,3)9-5(8)7-4/h7-9H,3-6H2,1-2H3;1-4H3,(H,7,8). The molecule has 0 radical (unpaired) electrons. The van der Waals surface area contributed by atoms with E-state index < -0.39 is 10.0 Å². The molecule has 2 N–H and O–H groups in total. The maximum absolute atomic E-state index is 10.9. The molecule has 1 fully saturated rings. The van der Waals surface area contributed by atoms with E-state index in [1.165, 1.54) is 13.3 Å². The van der Waals surface area contributed by atoms with Gasteiger partial charge in [0.2, 0.25) is 10.0 Å². The Balaban J connectivity index is 0.000000400. The van der Waals surface area contributed by atoms with Gasteiger partial charge in [0.25, 0.3) is 0 Å². The van der Waals surface area contributed by atoms with E-state index in [1.54, 1.807) is 0 Å². The maximum Gasteiger partial charge on any atom is 0.407 e. The Morgan fingerprint density at radius 1 is 1.14 bits per heavy atom. The van der Waals surface area contributed by atoms with Gasteiger partial charge in [0.05, 0.1) is 6.26 Å². The van der Waals surface area contributed by atoms with E-state index in [4.69, 9.17) is 4.74 Å². The molecule has 0 heterocycles. The van der Waals surface area contributed by atoms with Crippen molar-refractivity contribution in [3.05, 3.63) is 0 Å². The molecule has 0 aromatic rings. The van der Waals surface area contributed by atoms with Crippen molar-refractivity contribution in [2.45, 2.75) is 65.0 Å². The molecular weight excluding hydrogens is 292 g/mol. The lowest BCUT2D eigenvalue weighted by Gasteiger charge is -2.25. The van der Waals surface area contributed by atoms with Gasteiger partial charge in [-0.3, -0.25) is 0 Å². The Hall–Kier alpha value is -0.820. The molecule has 1 aliphatic carbocycles. The van der Waals surface area contributed by atoms with Crippen LogP contribution >= 0.6 is 0 Å². The number of hydrogen-bond donors (Lipinski definition) is 2. The largest absolute Gasteiger partial charge is 0.444 e. The number of amides is 1. The van der Waals surface area contributed by atoms with E-state index in [0.717, 1.165) is 31.6 Å². The van der Waals surface area contributed by atoms with Crippen LogP contribution in [0.25, 0.3) is 0 Å². The van der Waals surface area contributed by atoms with Crippen molar-refractivity contribution in [2.75, 3.05) is 13.3 Å². The molecule has 0 bridgehead atoms. The molecule has 126 valence electrons. The fourth-order valence-corrected chi connectivity index (χ4v) is 2.85. The zero-order valence-corrected chi connectivity index (χ0v) is 14.8. The molecular formula is C14H30N2O4S. The van der Waals surface area contributed by atoms with E-state index in [1.807, 2.05) is 20.8 Å². The first-order valence-corrected chi connectivity index (χ1v) is 9.20. The predicted octanol–water partition coefficient (Wildman–Crippen LogP) is 2.26. The number of nitrogens with one attached hydrogen (secondary N) is 2. The maximum atomic E-state index is 10.9. The molecule has 0 aromatic carbocycles. The zero-order chi connectivity index (χ0) is 16.7. The first-order valence-electron chi connectivity index (χ1n) is 7.31. The minimum absolute atomic E-state index is 0.191. The van der Waals surface area contributed by atoms with Gasteiger partial charge in [0.1, 0.15) is 5.60 Å². The molecule has 21 heavy (non-hydrogen) atoms. The highest BCUT2D eigenvalue weighted by Gasteiger charge is 2.20. The van der Waals surface area contributed by atoms with Crippen LogP contribution in [0.4, 0.5) is 4.79 Å². The van der Waals surface area contributed by atoms with Crippen molar-refractivity contribution in [3.8, 4) is 0 Å². The summed E-state index contributed by atoms with van der Waals surface area (Å²) < 4.78 is 29.2. The summed E-state index contributed by atoms with van der Waals surface area (Å²) in [4.78, 5) is 10.5. The fraction of sp³-hybridized carbons (Fsp3) is 0.929. The van der Waals surface area contributed by atoms with Crippen molar-refractivity contribution in [1.82, 2.24) is 10.0 Å². The molecule has 0 spiro atoms. The van der Waals surface area contributed by atoms with E-state index >= 15 is 0 Å². The first kappa shape index (κ1) is 20.2. The molecule has 1 rings (SSSR count). The number of rotatable bonds is 2. The number of carbonyl (C=O) groups is 1. The van der Waals surface area contributed by atoms with Gasteiger partial charge in [-0.05, 0) is 52.4 Å². The van der Waals surface area contributed by atoms with Crippen LogP contribution in [0, 0.1) is 5.92 Å². The molecule has 0 unspecified atom stereocenters. The Morgan fingerprint density at radius 2 is 1.62 bits per heavy atom. The second-order valence-electron chi connectivity index (χ2n) is 6.60. The number of alkyl carbamates (subject to hydrolysis) is 1. The molecule has 0 saturated heterocycles. The number of sulfonamides is 1. The third kappa shape index (κ3) is 12.6. The van der Waals surface area contributed by atoms with Gasteiger partial charge in [-0.15, -0.1) is 0 Å². The topological polar surface area (TPSA) is 84.5 Å². The van der Waals surface area contributed by atoms with Crippen LogP contribution in [0.1, 0.15) is 53.4 Å². The minimum Gasteiger partial charge on any atom is -0.444 e. The van der Waals surface area contributed by atoms with Crippen molar-refractivity contribution in [3.63, 3.8) is 0 Å². The highest BCUT2D eigenvalue weighted by Crippen LogP contribution is 2.23. The highest BCUT2D eigenvalue weighted by molar-refractivity contribution is 7.88. The third-order valence-corrected chi connectivity index (χ3v) is 3.76. The summed E-state index contributed by atoms with van der Waals surface area (Å²) in [7, 11) is -1.46. The average Bonchev–Trinajstić information content (AvgIpc) is 2.29. The smallest absolute Gasteiger partial charge is 0.407 e. The Bertz CT molecular complexity index is 407. The van der Waals surface area contributed by atoms with Crippen LogP contribution in [-0.2, 0) is 14.8 Å². The Labute approximate surface area is 129 Å². The van der Waals surface area contributed by atoms with Crippen LogP contribution in [0.2, 0.25) is 0 Å². The highest BCUT2D eigenvalue weighted by atomic mass is 32.2. The Morgan fingerprint density at radius 3 is 1.90 bits per heavy atom. The van der Waals surface area contributed by atoms with E-state index in [2.05, 4.69) is 17.0 Å². The molecule has 7 heteroatoms. The van der Waals surface area contributed by atoms with Crippen molar-refractivity contribution >= 4 is 16.1 Å². The quantitative estimate of drug-likeness (QED) is 0.816. The lowest BCUT2D eigenvalue weighted by Crippen LogP contribution is -2.36. The van der Waals surface area contributed by atoms with Gasteiger partial charge >= 0.3 is 6.09 Å². The molecule has 1 aliphatic rings. The van der Waals surface area contributed by atoms with Gasteiger partial charge in [0, 0.05) is 13.1 Å². The fourth-order valence-electron chi connectivity index (χ4n) is 2.01. The summed E-state index contributed by atoms with van der Waals surface area (Å²) in [6.07, 6.45) is 5.12. The van der Waals surface area contributed by atoms with Gasteiger partial charge in [-0.25, -0.2) is 17.9 Å². The van der Waals surface area contributed by atoms with Crippen molar-refractivity contribution < 1.29 is 17.9 Å². The molecule has 0 aliphatic heterocycles. The molecule has 1 saturated carbocycles. The number of hydrogen-bond acceptors (Lipinski definition) is 4. The van der Waals surface area contributed by atoms with Gasteiger partial charge in [0.15, 0.2) is 0 Å². The summed E-state index contributed by atoms with van der Waals surface area (Å²) in [5.74, 6) is 0.766. The van der Waals surface area contributed by atoms with E-state index in [-0.39, 0.29) is 17.7 Å². The minimum atomic E-state index is -2.99. The monoisotopic (exact) mass is 322 g/mol. The van der Waals surface area contributed by atoms with E-state index in [0.29, 0.717) is 0 Å². The third-order valence-electron chi connectivity index (χ3n) is 3.00. The normalized spacial score (nSPS) is 22.8. The zero-order valence-electron chi connectivity index (χ0n) is 14.0.